The van der Waals surface area contributed by atoms with Crippen LogP contribution in [0.1, 0.15) is 34.5 Å². The van der Waals surface area contributed by atoms with Crippen molar-refractivity contribution in [1.82, 2.24) is 5.32 Å². The largest absolute Gasteiger partial charge is 0.385 e. The van der Waals surface area contributed by atoms with Crippen LogP contribution in [0.25, 0.3) is 0 Å². The highest BCUT2D eigenvalue weighted by molar-refractivity contribution is 7.10. The molecule has 3 N–H and O–H groups in total. The molecule has 1 heterocycles. The Morgan fingerprint density at radius 2 is 2.39 bits per heavy atom. The van der Waals surface area contributed by atoms with Crippen LogP contribution in [0.2, 0.25) is 0 Å². The number of carbonyl (C=O) groups excluding carboxylic acids is 1. The Kier molecular flexibility index (Phi) is 4.37. The van der Waals surface area contributed by atoms with Crippen molar-refractivity contribution >= 4 is 17.2 Å². The van der Waals surface area contributed by atoms with Crippen molar-refractivity contribution in [3.63, 3.8) is 0 Å². The summed E-state index contributed by atoms with van der Waals surface area (Å²) in [4.78, 5) is 12.1. The van der Waals surface area contributed by atoms with Crippen molar-refractivity contribution in [2.45, 2.75) is 25.8 Å². The molecular weight excluding hydrogens is 248 g/mol. The standard InChI is InChI=1S/C13H20N2O2S/c1-17-5-4-13(2-3-13)9-15-7-11-6-10(8-18-11)12(14)16/h6,8,15H,2-5,7,9H2,1H3,(H2,14,16). The summed E-state index contributed by atoms with van der Waals surface area (Å²) in [5.41, 5.74) is 6.29. The Labute approximate surface area is 112 Å². The normalized spacial score (nSPS) is 16.7. The van der Waals surface area contributed by atoms with Gasteiger partial charge in [-0.3, -0.25) is 4.79 Å². The number of carbonyl (C=O) groups is 1. The lowest BCUT2D eigenvalue weighted by atomic mass is 10.0. The maximum absolute atomic E-state index is 11.0. The maximum atomic E-state index is 11.0. The number of thiophene rings is 1. The zero-order chi connectivity index (χ0) is 13.0. The van der Waals surface area contributed by atoms with Crippen molar-refractivity contribution in [2.75, 3.05) is 20.3 Å². The molecule has 1 amide bonds. The van der Waals surface area contributed by atoms with Gasteiger partial charge >= 0.3 is 0 Å². The molecule has 2 rings (SSSR count). The summed E-state index contributed by atoms with van der Waals surface area (Å²) in [6.45, 7) is 2.68. The smallest absolute Gasteiger partial charge is 0.249 e. The van der Waals surface area contributed by atoms with E-state index in [0.29, 0.717) is 11.0 Å². The van der Waals surface area contributed by atoms with Gasteiger partial charge in [0.2, 0.25) is 5.91 Å². The van der Waals surface area contributed by atoms with Crippen LogP contribution in [-0.4, -0.2) is 26.2 Å². The summed E-state index contributed by atoms with van der Waals surface area (Å²) in [7, 11) is 1.75. The Bertz CT molecular complexity index is 413. The van der Waals surface area contributed by atoms with Crippen LogP contribution in [0.3, 0.4) is 0 Å². The van der Waals surface area contributed by atoms with Crippen LogP contribution in [-0.2, 0) is 11.3 Å². The fourth-order valence-corrected chi connectivity index (χ4v) is 2.91. The molecule has 1 aliphatic rings. The highest BCUT2D eigenvalue weighted by Crippen LogP contribution is 2.48. The molecular formula is C13H20N2O2S. The highest BCUT2D eigenvalue weighted by atomic mass is 32.1. The molecule has 0 bridgehead atoms. The van der Waals surface area contributed by atoms with E-state index < -0.39 is 0 Å². The van der Waals surface area contributed by atoms with E-state index in [0.717, 1.165) is 31.0 Å². The molecule has 0 aliphatic heterocycles. The van der Waals surface area contributed by atoms with Gasteiger partial charge in [-0.2, -0.15) is 0 Å². The van der Waals surface area contributed by atoms with Crippen molar-refractivity contribution in [1.29, 1.82) is 0 Å². The number of nitrogens with one attached hydrogen (secondary N) is 1. The molecule has 5 heteroatoms. The van der Waals surface area contributed by atoms with Gasteiger partial charge in [0.1, 0.15) is 0 Å². The second-order valence-corrected chi connectivity index (χ2v) is 6.01. The van der Waals surface area contributed by atoms with Crippen molar-refractivity contribution in [3.8, 4) is 0 Å². The van der Waals surface area contributed by atoms with Crippen LogP contribution < -0.4 is 11.1 Å². The first-order chi connectivity index (χ1) is 8.65. The number of amides is 1. The van der Waals surface area contributed by atoms with E-state index >= 15 is 0 Å². The van der Waals surface area contributed by atoms with E-state index in [1.165, 1.54) is 12.8 Å². The number of primary amides is 1. The second-order valence-electron chi connectivity index (χ2n) is 5.01. The van der Waals surface area contributed by atoms with Crippen LogP contribution in [0.4, 0.5) is 0 Å². The number of rotatable bonds is 8. The number of methoxy groups -OCH3 is 1. The SMILES string of the molecule is COCCC1(CNCc2cc(C(N)=O)cs2)CC1. The van der Waals surface area contributed by atoms with Gasteiger partial charge in [0.05, 0.1) is 5.56 Å². The number of hydrogen-bond donors (Lipinski definition) is 2. The average molecular weight is 268 g/mol. The van der Waals surface area contributed by atoms with E-state index in [1.807, 2.05) is 11.4 Å². The molecule has 4 nitrogen and oxygen atoms in total. The van der Waals surface area contributed by atoms with Crippen LogP contribution in [0.5, 0.6) is 0 Å². The molecule has 1 aromatic heterocycles. The van der Waals surface area contributed by atoms with Gasteiger partial charge in [-0.15, -0.1) is 11.3 Å². The predicted molar refractivity (Wildman–Crippen MR) is 72.7 cm³/mol. The Balaban J connectivity index is 1.73. The van der Waals surface area contributed by atoms with E-state index in [2.05, 4.69) is 5.32 Å². The van der Waals surface area contributed by atoms with Gasteiger partial charge in [0.15, 0.2) is 0 Å². The number of ether oxygens (including phenoxy) is 1. The molecule has 18 heavy (non-hydrogen) atoms. The summed E-state index contributed by atoms with van der Waals surface area (Å²) in [5, 5.41) is 5.28. The van der Waals surface area contributed by atoms with Crippen LogP contribution in [0, 0.1) is 5.41 Å². The summed E-state index contributed by atoms with van der Waals surface area (Å²) < 4.78 is 5.13. The van der Waals surface area contributed by atoms with Crippen LogP contribution in [0.15, 0.2) is 11.4 Å². The average Bonchev–Trinajstić information content (AvgIpc) is 2.94. The zero-order valence-corrected chi connectivity index (χ0v) is 11.5. The Hall–Kier alpha value is -0.910. The minimum atomic E-state index is -0.351. The minimum Gasteiger partial charge on any atom is -0.385 e. The first-order valence-electron chi connectivity index (χ1n) is 6.22. The van der Waals surface area contributed by atoms with Crippen molar-refractivity contribution in [3.05, 3.63) is 21.9 Å². The summed E-state index contributed by atoms with van der Waals surface area (Å²) in [5.74, 6) is -0.351. The molecule has 0 aromatic carbocycles. The van der Waals surface area contributed by atoms with Gasteiger partial charge < -0.3 is 15.8 Å². The van der Waals surface area contributed by atoms with E-state index in [1.54, 1.807) is 18.4 Å². The fraction of sp³-hybridized carbons (Fsp3) is 0.615. The molecule has 1 fully saturated rings. The quantitative estimate of drug-likeness (QED) is 0.755. The predicted octanol–water partition coefficient (Wildman–Crippen LogP) is 1.75. The van der Waals surface area contributed by atoms with Crippen molar-refractivity contribution < 1.29 is 9.53 Å². The van der Waals surface area contributed by atoms with Gasteiger partial charge in [0, 0.05) is 37.1 Å². The summed E-state index contributed by atoms with van der Waals surface area (Å²) in [6, 6.07) is 1.87. The Morgan fingerprint density at radius 3 is 2.94 bits per heavy atom. The first kappa shape index (κ1) is 13.5. The van der Waals surface area contributed by atoms with Crippen molar-refractivity contribution in [2.24, 2.45) is 11.1 Å². The molecule has 0 atom stereocenters. The monoisotopic (exact) mass is 268 g/mol. The lowest BCUT2D eigenvalue weighted by molar-refractivity contribution is 0.100. The van der Waals surface area contributed by atoms with Gasteiger partial charge in [-0.1, -0.05) is 0 Å². The highest BCUT2D eigenvalue weighted by Gasteiger charge is 2.41. The number of hydrogen-bond acceptors (Lipinski definition) is 4. The molecule has 1 aliphatic carbocycles. The molecule has 100 valence electrons. The fourth-order valence-electron chi connectivity index (χ4n) is 2.06. The third-order valence-electron chi connectivity index (χ3n) is 3.53. The van der Waals surface area contributed by atoms with Gasteiger partial charge in [0.25, 0.3) is 0 Å². The molecule has 0 unspecified atom stereocenters. The lowest BCUT2D eigenvalue weighted by Gasteiger charge is -2.14. The van der Waals surface area contributed by atoms with Gasteiger partial charge in [-0.05, 0) is 30.7 Å². The summed E-state index contributed by atoms with van der Waals surface area (Å²) >= 11 is 1.58. The van der Waals surface area contributed by atoms with Gasteiger partial charge in [-0.25, -0.2) is 0 Å². The number of nitrogens with two attached hydrogens (primary N) is 1. The first-order valence-corrected chi connectivity index (χ1v) is 7.10. The van der Waals surface area contributed by atoms with E-state index in [4.69, 9.17) is 10.5 Å². The summed E-state index contributed by atoms with van der Waals surface area (Å²) in [6.07, 6.45) is 3.72. The minimum absolute atomic E-state index is 0.351. The third kappa shape index (κ3) is 3.54. The molecule has 1 aromatic rings. The Morgan fingerprint density at radius 1 is 1.61 bits per heavy atom. The molecule has 1 saturated carbocycles. The van der Waals surface area contributed by atoms with Crippen LogP contribution >= 0.6 is 11.3 Å². The lowest BCUT2D eigenvalue weighted by Crippen LogP contribution is -2.24. The second kappa shape index (κ2) is 5.82. The van der Waals surface area contributed by atoms with E-state index in [-0.39, 0.29) is 5.91 Å². The topological polar surface area (TPSA) is 64.3 Å². The molecule has 0 saturated heterocycles. The third-order valence-corrected chi connectivity index (χ3v) is 4.47. The zero-order valence-electron chi connectivity index (χ0n) is 10.7. The maximum Gasteiger partial charge on any atom is 0.249 e. The van der Waals surface area contributed by atoms with E-state index in [9.17, 15) is 4.79 Å². The molecule has 0 radical (unpaired) electrons. The molecule has 0 spiro atoms.